The summed E-state index contributed by atoms with van der Waals surface area (Å²) in [6.45, 7) is 2.75. The summed E-state index contributed by atoms with van der Waals surface area (Å²) < 4.78 is 35.2. The Bertz CT molecular complexity index is 1420. The van der Waals surface area contributed by atoms with E-state index in [4.69, 9.17) is 4.74 Å². The summed E-state index contributed by atoms with van der Waals surface area (Å²) in [5.41, 5.74) is 3.85. The van der Waals surface area contributed by atoms with E-state index < -0.39 is 18.0 Å². The highest BCUT2D eigenvalue weighted by Crippen LogP contribution is 2.28. The number of carbonyl (C=O) groups is 1. The summed E-state index contributed by atoms with van der Waals surface area (Å²) in [5.74, 6) is -0.0775. The molecule has 0 radical (unpaired) electrons. The van der Waals surface area contributed by atoms with Gasteiger partial charge in [0.05, 0.1) is 25.0 Å². The van der Waals surface area contributed by atoms with Crippen LogP contribution in [0.4, 0.5) is 20.3 Å². The van der Waals surface area contributed by atoms with Crippen molar-refractivity contribution in [3.8, 4) is 17.0 Å². The zero-order chi connectivity index (χ0) is 25.2. The van der Waals surface area contributed by atoms with Gasteiger partial charge in [0.1, 0.15) is 6.17 Å². The monoisotopic (exact) mass is 492 g/mol. The molecule has 2 atom stereocenters. The molecule has 0 bridgehead atoms. The summed E-state index contributed by atoms with van der Waals surface area (Å²) in [7, 11) is 1.42. The molecule has 10 heteroatoms. The van der Waals surface area contributed by atoms with Gasteiger partial charge in [0.25, 0.3) is 5.91 Å². The van der Waals surface area contributed by atoms with Crippen molar-refractivity contribution >= 4 is 23.1 Å². The normalized spacial score (nSPS) is 17.7. The molecule has 186 valence electrons. The Hall–Kier alpha value is -4.05. The summed E-state index contributed by atoms with van der Waals surface area (Å²) in [4.78, 5) is 21.6. The second-order valence-electron chi connectivity index (χ2n) is 8.71. The number of methoxy groups -OCH3 is 1. The summed E-state index contributed by atoms with van der Waals surface area (Å²) in [6.07, 6.45) is 4.48. The number of halogens is 2. The highest BCUT2D eigenvalue weighted by Gasteiger charge is 2.26. The zero-order valence-corrected chi connectivity index (χ0v) is 19.9. The minimum atomic E-state index is -1.11. The van der Waals surface area contributed by atoms with Gasteiger partial charge in [-0.15, -0.1) is 0 Å². The molecule has 1 amide bonds. The fourth-order valence-corrected chi connectivity index (χ4v) is 4.41. The van der Waals surface area contributed by atoms with E-state index in [2.05, 4.69) is 25.9 Å². The van der Waals surface area contributed by atoms with Gasteiger partial charge in [-0.2, -0.15) is 0 Å². The lowest BCUT2D eigenvalue weighted by Gasteiger charge is -2.27. The molecule has 1 fully saturated rings. The summed E-state index contributed by atoms with van der Waals surface area (Å²) in [6, 6.07) is 9.55. The third-order valence-corrected chi connectivity index (χ3v) is 6.33. The van der Waals surface area contributed by atoms with Crippen LogP contribution in [0, 0.1) is 12.7 Å². The number of aryl methyl sites for hydroxylation is 1. The van der Waals surface area contributed by atoms with Gasteiger partial charge in [0.2, 0.25) is 0 Å². The first-order valence-corrected chi connectivity index (χ1v) is 11.6. The van der Waals surface area contributed by atoms with Crippen LogP contribution in [0.15, 0.2) is 55.0 Å². The van der Waals surface area contributed by atoms with E-state index in [9.17, 15) is 13.6 Å². The number of hydrogen-bond acceptors (Lipinski definition) is 6. The smallest absolute Gasteiger partial charge is 0.251 e. The molecule has 0 unspecified atom stereocenters. The summed E-state index contributed by atoms with van der Waals surface area (Å²) >= 11 is 0. The van der Waals surface area contributed by atoms with E-state index in [0.717, 1.165) is 11.3 Å². The lowest BCUT2D eigenvalue weighted by atomic mass is 10.0. The number of imidazole rings is 1. The number of nitrogens with one attached hydrogen (secondary N) is 3. The molecule has 0 spiro atoms. The van der Waals surface area contributed by atoms with Gasteiger partial charge in [-0.3, -0.25) is 9.20 Å². The second-order valence-corrected chi connectivity index (χ2v) is 8.71. The molecule has 0 saturated carbocycles. The van der Waals surface area contributed by atoms with E-state index in [1.807, 2.05) is 17.4 Å². The molecule has 2 aromatic carbocycles. The number of hydrogen-bond donors (Lipinski definition) is 3. The number of fused-ring (bicyclic) bond motifs is 1. The Kier molecular flexibility index (Phi) is 6.51. The van der Waals surface area contributed by atoms with Crippen LogP contribution >= 0.6 is 0 Å². The zero-order valence-electron chi connectivity index (χ0n) is 19.9. The van der Waals surface area contributed by atoms with Crippen LogP contribution in [-0.4, -0.2) is 52.7 Å². The number of aromatic nitrogens is 3. The Morgan fingerprint density at radius 3 is 2.83 bits per heavy atom. The molecule has 1 aliphatic heterocycles. The molecular formula is C26H26F2N6O2. The molecule has 36 heavy (non-hydrogen) atoms. The van der Waals surface area contributed by atoms with Crippen molar-refractivity contribution < 1.29 is 18.3 Å². The van der Waals surface area contributed by atoms with Crippen molar-refractivity contribution in [3.63, 3.8) is 0 Å². The first-order valence-electron chi connectivity index (χ1n) is 11.6. The van der Waals surface area contributed by atoms with Gasteiger partial charge in [-0.1, -0.05) is 0 Å². The quantitative estimate of drug-likeness (QED) is 0.377. The first kappa shape index (κ1) is 23.7. The number of ether oxygens (including phenoxy) is 1. The van der Waals surface area contributed by atoms with Gasteiger partial charge in [0, 0.05) is 35.8 Å². The maximum atomic E-state index is 14.3. The maximum Gasteiger partial charge on any atom is 0.251 e. The largest absolute Gasteiger partial charge is 0.494 e. The van der Waals surface area contributed by atoms with Crippen LogP contribution in [0.2, 0.25) is 0 Å². The molecule has 0 aliphatic carbocycles. The minimum Gasteiger partial charge on any atom is -0.494 e. The number of piperidine rings is 1. The van der Waals surface area contributed by atoms with Gasteiger partial charge >= 0.3 is 0 Å². The number of nitrogens with zero attached hydrogens (tertiary/aromatic N) is 3. The highest BCUT2D eigenvalue weighted by atomic mass is 19.1. The van der Waals surface area contributed by atoms with Crippen molar-refractivity contribution in [2.24, 2.45) is 0 Å². The lowest BCUT2D eigenvalue weighted by molar-refractivity contribution is 0.0891. The van der Waals surface area contributed by atoms with Crippen molar-refractivity contribution in [1.82, 2.24) is 25.0 Å². The minimum absolute atomic E-state index is 0.171. The van der Waals surface area contributed by atoms with E-state index in [1.165, 1.54) is 13.2 Å². The molecule has 5 rings (SSSR count). The van der Waals surface area contributed by atoms with E-state index in [0.29, 0.717) is 41.3 Å². The standard InChI is InChI=1S/C26H26F2N6O2/c1-15-11-17(4-5-18(15)26(35)33-21-7-8-29-13-20(21)28)32-24-25-31-14-22(34(25)10-9-30-24)16-3-6-23(36-2)19(27)12-16/h3-6,9-12,14,20-21,29H,7-8,13H2,1-2H3,(H,30,32)(H,33,35)/t20-,21+/m1/s1. The predicted molar refractivity (Wildman–Crippen MR) is 133 cm³/mol. The third-order valence-electron chi connectivity index (χ3n) is 6.33. The first-order chi connectivity index (χ1) is 17.4. The van der Waals surface area contributed by atoms with Crippen molar-refractivity contribution in [2.45, 2.75) is 25.6 Å². The topological polar surface area (TPSA) is 92.6 Å². The molecule has 4 aromatic rings. The van der Waals surface area contributed by atoms with E-state index in [1.54, 1.807) is 42.9 Å². The van der Waals surface area contributed by atoms with Crippen LogP contribution < -0.4 is 20.7 Å². The van der Waals surface area contributed by atoms with Gasteiger partial charge in [0.15, 0.2) is 23.0 Å². The van der Waals surface area contributed by atoms with E-state index >= 15 is 0 Å². The van der Waals surface area contributed by atoms with Crippen LogP contribution in [-0.2, 0) is 0 Å². The lowest BCUT2D eigenvalue weighted by Crippen LogP contribution is -2.50. The number of carbonyl (C=O) groups excluding carboxylic acids is 1. The Balaban J connectivity index is 1.37. The van der Waals surface area contributed by atoms with Gasteiger partial charge in [-0.25, -0.2) is 18.7 Å². The fourth-order valence-electron chi connectivity index (χ4n) is 4.41. The van der Waals surface area contributed by atoms with Crippen LogP contribution in [0.1, 0.15) is 22.3 Å². The average molecular weight is 493 g/mol. The number of benzene rings is 2. The number of amides is 1. The highest BCUT2D eigenvalue weighted by molar-refractivity contribution is 5.96. The molecule has 3 N–H and O–H groups in total. The Labute approximate surface area is 206 Å². The second kappa shape index (κ2) is 9.90. The Morgan fingerprint density at radius 2 is 2.08 bits per heavy atom. The molecule has 2 aromatic heterocycles. The maximum absolute atomic E-state index is 14.3. The SMILES string of the molecule is COc1ccc(-c2cnc3c(Nc4ccc(C(=O)N[C@H]5CCNC[C@H]5F)c(C)c4)nccn23)cc1F. The number of anilines is 2. The predicted octanol–water partition coefficient (Wildman–Crippen LogP) is 4.03. The third kappa shape index (κ3) is 4.59. The van der Waals surface area contributed by atoms with Gasteiger partial charge < -0.3 is 20.7 Å². The van der Waals surface area contributed by atoms with Gasteiger partial charge in [-0.05, 0) is 61.9 Å². The number of rotatable bonds is 6. The molecular weight excluding hydrogens is 466 g/mol. The van der Waals surface area contributed by atoms with Crippen LogP contribution in [0.25, 0.3) is 16.9 Å². The number of alkyl halides is 1. The van der Waals surface area contributed by atoms with Crippen LogP contribution in [0.5, 0.6) is 5.75 Å². The van der Waals surface area contributed by atoms with Crippen molar-refractivity contribution in [1.29, 1.82) is 0 Å². The molecule has 1 aliphatic rings. The van der Waals surface area contributed by atoms with Crippen molar-refractivity contribution in [2.75, 3.05) is 25.5 Å². The van der Waals surface area contributed by atoms with Crippen LogP contribution in [0.3, 0.4) is 0 Å². The molecule has 3 heterocycles. The fraction of sp³-hybridized carbons (Fsp3) is 0.269. The van der Waals surface area contributed by atoms with Crippen molar-refractivity contribution in [3.05, 3.63) is 71.9 Å². The van der Waals surface area contributed by atoms with E-state index in [-0.39, 0.29) is 18.2 Å². The summed E-state index contributed by atoms with van der Waals surface area (Å²) in [5, 5.41) is 9.04. The Morgan fingerprint density at radius 1 is 1.22 bits per heavy atom. The average Bonchev–Trinajstić information content (AvgIpc) is 3.31. The molecule has 1 saturated heterocycles. The molecule has 8 nitrogen and oxygen atoms in total.